The van der Waals surface area contributed by atoms with Crippen LogP contribution >= 0.6 is 0 Å². The van der Waals surface area contributed by atoms with Crippen molar-refractivity contribution < 1.29 is 4.42 Å². The number of hydrogen-bond acceptors (Lipinski definition) is 5. The normalized spacial score (nSPS) is 12.9. The lowest BCUT2D eigenvalue weighted by Crippen LogP contribution is -2.35. The number of oxazole rings is 1. The van der Waals surface area contributed by atoms with E-state index in [2.05, 4.69) is 62.2 Å². The molecule has 6 nitrogen and oxygen atoms in total. The van der Waals surface area contributed by atoms with Gasteiger partial charge in [-0.25, -0.2) is 9.67 Å². The van der Waals surface area contributed by atoms with Gasteiger partial charge in [-0.2, -0.15) is 0 Å². The van der Waals surface area contributed by atoms with Crippen molar-refractivity contribution in [3.05, 3.63) is 29.7 Å². The van der Waals surface area contributed by atoms with E-state index in [-0.39, 0.29) is 11.0 Å². The minimum absolute atomic E-state index is 0.0323. The summed E-state index contributed by atoms with van der Waals surface area (Å²) in [4.78, 5) is 4.30. The zero-order valence-electron chi connectivity index (χ0n) is 13.8. The molecule has 0 saturated heterocycles. The van der Waals surface area contributed by atoms with Gasteiger partial charge in [-0.15, -0.1) is 5.10 Å². The zero-order chi connectivity index (χ0) is 15.7. The molecule has 116 valence electrons. The Bertz CT molecular complexity index is 586. The van der Waals surface area contributed by atoms with Crippen molar-refractivity contribution in [2.24, 2.45) is 0 Å². The Kier molecular flexibility index (Phi) is 4.18. The Morgan fingerprint density at radius 1 is 1.19 bits per heavy atom. The average molecular weight is 291 g/mol. The van der Waals surface area contributed by atoms with Gasteiger partial charge in [-0.3, -0.25) is 0 Å². The van der Waals surface area contributed by atoms with Crippen molar-refractivity contribution in [2.45, 2.75) is 65.6 Å². The average Bonchev–Trinajstić information content (AvgIpc) is 2.94. The molecule has 0 radical (unpaired) electrons. The standard InChI is InChI=1S/C15H25N5O/c1-14(2,3)12-8-16-13(21-12)10-20-9-11(18-19-20)7-17-15(4,5)6/h8-9,17H,7,10H2,1-6H3. The summed E-state index contributed by atoms with van der Waals surface area (Å²) >= 11 is 0. The summed E-state index contributed by atoms with van der Waals surface area (Å²) in [6.45, 7) is 13.9. The summed E-state index contributed by atoms with van der Waals surface area (Å²) in [6, 6.07) is 0. The van der Waals surface area contributed by atoms with Crippen LogP contribution in [0.5, 0.6) is 0 Å². The minimum atomic E-state index is -0.0323. The predicted octanol–water partition coefficient (Wildman–Crippen LogP) is 2.50. The van der Waals surface area contributed by atoms with Crippen LogP contribution in [0.1, 0.15) is 58.9 Å². The molecule has 2 heterocycles. The maximum absolute atomic E-state index is 5.76. The molecule has 21 heavy (non-hydrogen) atoms. The second-order valence-electron chi connectivity index (χ2n) is 7.38. The van der Waals surface area contributed by atoms with Crippen molar-refractivity contribution in [3.63, 3.8) is 0 Å². The summed E-state index contributed by atoms with van der Waals surface area (Å²) in [5, 5.41) is 11.6. The molecule has 0 aromatic carbocycles. The van der Waals surface area contributed by atoms with E-state index in [9.17, 15) is 0 Å². The highest BCUT2D eigenvalue weighted by Gasteiger charge is 2.19. The number of nitrogens with zero attached hydrogens (tertiary/aromatic N) is 4. The summed E-state index contributed by atoms with van der Waals surface area (Å²) in [6.07, 6.45) is 3.70. The van der Waals surface area contributed by atoms with E-state index in [4.69, 9.17) is 4.42 Å². The molecule has 0 aliphatic rings. The van der Waals surface area contributed by atoms with Gasteiger partial charge in [-0.05, 0) is 20.8 Å². The van der Waals surface area contributed by atoms with Crippen molar-refractivity contribution >= 4 is 0 Å². The summed E-state index contributed by atoms with van der Waals surface area (Å²) < 4.78 is 7.51. The fourth-order valence-electron chi connectivity index (χ4n) is 1.72. The Hall–Kier alpha value is -1.69. The van der Waals surface area contributed by atoms with E-state index in [1.807, 2.05) is 6.20 Å². The first kappa shape index (κ1) is 15.7. The van der Waals surface area contributed by atoms with E-state index in [1.54, 1.807) is 10.9 Å². The van der Waals surface area contributed by atoms with Gasteiger partial charge in [0.05, 0.1) is 18.1 Å². The van der Waals surface area contributed by atoms with Gasteiger partial charge in [0, 0.05) is 17.5 Å². The lowest BCUT2D eigenvalue weighted by molar-refractivity contribution is 0.371. The highest BCUT2D eigenvalue weighted by Crippen LogP contribution is 2.22. The molecule has 0 spiro atoms. The summed E-state index contributed by atoms with van der Waals surface area (Å²) in [5.74, 6) is 1.53. The Morgan fingerprint density at radius 3 is 2.48 bits per heavy atom. The van der Waals surface area contributed by atoms with Gasteiger partial charge in [0.1, 0.15) is 12.3 Å². The second-order valence-corrected chi connectivity index (χ2v) is 7.38. The van der Waals surface area contributed by atoms with Crippen LogP contribution in [0.4, 0.5) is 0 Å². The Morgan fingerprint density at radius 2 is 1.90 bits per heavy atom. The van der Waals surface area contributed by atoms with Crippen LogP contribution in [0.3, 0.4) is 0 Å². The van der Waals surface area contributed by atoms with Crippen molar-refractivity contribution in [1.29, 1.82) is 0 Å². The third-order valence-electron chi connectivity index (χ3n) is 2.98. The Balaban J connectivity index is 1.98. The van der Waals surface area contributed by atoms with Gasteiger partial charge < -0.3 is 9.73 Å². The first-order valence-electron chi connectivity index (χ1n) is 7.23. The fraction of sp³-hybridized carbons (Fsp3) is 0.667. The number of rotatable bonds is 4. The largest absolute Gasteiger partial charge is 0.443 e. The van der Waals surface area contributed by atoms with E-state index in [1.165, 1.54) is 0 Å². The minimum Gasteiger partial charge on any atom is -0.443 e. The van der Waals surface area contributed by atoms with Crippen LogP contribution in [0.25, 0.3) is 0 Å². The lowest BCUT2D eigenvalue weighted by atomic mass is 9.94. The Labute approximate surface area is 125 Å². The van der Waals surface area contributed by atoms with Crippen LogP contribution in [-0.2, 0) is 18.5 Å². The molecule has 2 aromatic rings. The number of nitrogens with one attached hydrogen (secondary N) is 1. The van der Waals surface area contributed by atoms with Crippen LogP contribution < -0.4 is 5.32 Å². The van der Waals surface area contributed by atoms with Crippen molar-refractivity contribution in [3.8, 4) is 0 Å². The van der Waals surface area contributed by atoms with Crippen molar-refractivity contribution in [1.82, 2.24) is 25.3 Å². The predicted molar refractivity (Wildman–Crippen MR) is 80.9 cm³/mol. The molecule has 0 amide bonds. The third kappa shape index (κ3) is 4.67. The van der Waals surface area contributed by atoms with Crippen LogP contribution in [0.2, 0.25) is 0 Å². The molecule has 0 unspecified atom stereocenters. The van der Waals surface area contributed by atoms with E-state index in [0.29, 0.717) is 19.0 Å². The summed E-state index contributed by atoms with van der Waals surface area (Å²) in [5.41, 5.74) is 0.941. The van der Waals surface area contributed by atoms with Crippen LogP contribution in [0, 0.1) is 0 Å². The molecule has 0 saturated carbocycles. The van der Waals surface area contributed by atoms with Gasteiger partial charge in [0.15, 0.2) is 0 Å². The van der Waals surface area contributed by atoms with Crippen molar-refractivity contribution in [2.75, 3.05) is 0 Å². The maximum atomic E-state index is 5.76. The van der Waals surface area contributed by atoms with E-state index in [0.717, 1.165) is 11.5 Å². The smallest absolute Gasteiger partial charge is 0.216 e. The molecule has 0 bridgehead atoms. The molecule has 2 rings (SSSR count). The topological polar surface area (TPSA) is 68.8 Å². The third-order valence-corrected chi connectivity index (χ3v) is 2.98. The highest BCUT2D eigenvalue weighted by molar-refractivity contribution is 5.06. The second kappa shape index (κ2) is 5.60. The maximum Gasteiger partial charge on any atom is 0.216 e. The van der Waals surface area contributed by atoms with Gasteiger partial charge in [-0.1, -0.05) is 26.0 Å². The molecule has 1 N–H and O–H groups in total. The SMILES string of the molecule is CC(C)(C)NCc1cn(Cc2ncc(C(C)(C)C)o2)nn1. The van der Waals surface area contributed by atoms with Gasteiger partial charge >= 0.3 is 0 Å². The zero-order valence-corrected chi connectivity index (χ0v) is 13.8. The number of hydrogen-bond donors (Lipinski definition) is 1. The molecule has 0 aliphatic carbocycles. The molecular weight excluding hydrogens is 266 g/mol. The lowest BCUT2D eigenvalue weighted by Gasteiger charge is -2.19. The van der Waals surface area contributed by atoms with E-state index < -0.39 is 0 Å². The molecule has 0 atom stereocenters. The first-order valence-corrected chi connectivity index (χ1v) is 7.23. The fourth-order valence-corrected chi connectivity index (χ4v) is 1.72. The molecule has 0 aliphatic heterocycles. The molecule has 6 heteroatoms. The summed E-state index contributed by atoms with van der Waals surface area (Å²) in [7, 11) is 0. The van der Waals surface area contributed by atoms with E-state index >= 15 is 0 Å². The monoisotopic (exact) mass is 291 g/mol. The molecule has 2 aromatic heterocycles. The van der Waals surface area contributed by atoms with Gasteiger partial charge in [0.25, 0.3) is 0 Å². The highest BCUT2D eigenvalue weighted by atomic mass is 16.4. The quantitative estimate of drug-likeness (QED) is 0.937. The number of aromatic nitrogens is 4. The van der Waals surface area contributed by atoms with Gasteiger partial charge in [0.2, 0.25) is 5.89 Å². The first-order chi connectivity index (χ1) is 9.63. The van der Waals surface area contributed by atoms with Crippen LogP contribution in [-0.4, -0.2) is 25.5 Å². The van der Waals surface area contributed by atoms with Crippen LogP contribution in [0.15, 0.2) is 16.8 Å². The molecular formula is C15H25N5O. The molecule has 0 fully saturated rings.